The van der Waals surface area contributed by atoms with Crippen LogP contribution in [0.4, 0.5) is 0 Å². The normalized spacial score (nSPS) is 21.3. The third kappa shape index (κ3) is 3.23. The Bertz CT molecular complexity index is 790. The number of esters is 1. The van der Waals surface area contributed by atoms with Crippen LogP contribution in [0.25, 0.3) is 5.65 Å². The van der Waals surface area contributed by atoms with Crippen molar-refractivity contribution in [2.24, 2.45) is 11.8 Å². The molecule has 1 fully saturated rings. The summed E-state index contributed by atoms with van der Waals surface area (Å²) >= 11 is 0. The van der Waals surface area contributed by atoms with Crippen molar-refractivity contribution < 1.29 is 9.53 Å². The van der Waals surface area contributed by atoms with Crippen LogP contribution in [0, 0.1) is 18.8 Å². The van der Waals surface area contributed by atoms with Crippen LogP contribution in [0.1, 0.15) is 50.8 Å². The van der Waals surface area contributed by atoms with Crippen molar-refractivity contribution in [2.75, 3.05) is 0 Å². The van der Waals surface area contributed by atoms with Gasteiger partial charge in [0.15, 0.2) is 5.65 Å². The van der Waals surface area contributed by atoms with Crippen LogP contribution in [0.3, 0.4) is 0 Å². The Morgan fingerprint density at radius 1 is 1.42 bits per heavy atom. The van der Waals surface area contributed by atoms with Crippen LogP contribution in [0.2, 0.25) is 0 Å². The highest BCUT2D eigenvalue weighted by Crippen LogP contribution is 2.32. The Labute approximate surface area is 141 Å². The number of hydrogen-bond donors (Lipinski definition) is 1. The summed E-state index contributed by atoms with van der Waals surface area (Å²) in [4.78, 5) is 29.3. The van der Waals surface area contributed by atoms with Gasteiger partial charge in [0, 0.05) is 18.0 Å². The quantitative estimate of drug-likeness (QED) is 0.874. The van der Waals surface area contributed by atoms with Crippen LogP contribution in [0.15, 0.2) is 17.1 Å². The minimum absolute atomic E-state index is 0.0268. The van der Waals surface area contributed by atoms with Gasteiger partial charge in [-0.25, -0.2) is 9.50 Å². The van der Waals surface area contributed by atoms with E-state index in [1.807, 2.05) is 0 Å². The van der Waals surface area contributed by atoms with Crippen molar-refractivity contribution in [3.05, 3.63) is 33.9 Å². The van der Waals surface area contributed by atoms with E-state index in [2.05, 4.69) is 23.9 Å². The van der Waals surface area contributed by atoms with Gasteiger partial charge in [-0.1, -0.05) is 20.3 Å². The van der Waals surface area contributed by atoms with Gasteiger partial charge in [-0.2, -0.15) is 0 Å². The summed E-state index contributed by atoms with van der Waals surface area (Å²) < 4.78 is 7.10. The molecule has 2 aromatic rings. The monoisotopic (exact) mass is 331 g/mol. The van der Waals surface area contributed by atoms with Gasteiger partial charge in [0.2, 0.25) is 0 Å². The molecule has 3 rings (SSSR count). The molecule has 2 aromatic heterocycles. The zero-order valence-corrected chi connectivity index (χ0v) is 14.5. The molecule has 0 aliphatic heterocycles. The van der Waals surface area contributed by atoms with Crippen molar-refractivity contribution in [1.29, 1.82) is 0 Å². The van der Waals surface area contributed by atoms with E-state index in [1.165, 1.54) is 10.9 Å². The van der Waals surface area contributed by atoms with Crippen molar-refractivity contribution in [3.8, 4) is 0 Å². The van der Waals surface area contributed by atoms with Crippen molar-refractivity contribution >= 4 is 11.6 Å². The van der Waals surface area contributed by atoms with E-state index in [1.54, 1.807) is 19.2 Å². The molecular formula is C18H25N3O3. The number of rotatable bonds is 4. The number of aromatic nitrogens is 3. The Hall–Kier alpha value is -2.11. The summed E-state index contributed by atoms with van der Waals surface area (Å²) in [5.41, 5.74) is 1.31. The lowest BCUT2D eigenvalue weighted by Crippen LogP contribution is -2.34. The van der Waals surface area contributed by atoms with Gasteiger partial charge >= 0.3 is 5.97 Å². The molecule has 2 atom stereocenters. The van der Waals surface area contributed by atoms with Crippen LogP contribution in [0.5, 0.6) is 0 Å². The lowest BCUT2D eigenvalue weighted by molar-refractivity contribution is -0.154. The molecule has 0 amide bonds. The standard InChI is InChI=1S/C18H25N3O3/c1-11(2)13-6-4-5-7-15(13)24-17(22)10-14-12(3)20-16-8-9-19-21(16)18(14)23/h8-9,11,13,15,19H,4-7,10H2,1-3H3/t13-,15-/m0/s1. The van der Waals surface area contributed by atoms with Crippen LogP contribution >= 0.6 is 0 Å². The molecule has 1 aliphatic carbocycles. The van der Waals surface area contributed by atoms with Crippen LogP contribution in [-0.4, -0.2) is 26.7 Å². The molecule has 0 bridgehead atoms. The lowest BCUT2D eigenvalue weighted by atomic mass is 9.79. The fourth-order valence-electron chi connectivity index (χ4n) is 3.70. The van der Waals surface area contributed by atoms with Crippen molar-refractivity contribution in [2.45, 2.75) is 59.0 Å². The third-order valence-electron chi connectivity index (χ3n) is 5.06. The van der Waals surface area contributed by atoms with Gasteiger partial charge in [0.25, 0.3) is 5.56 Å². The largest absolute Gasteiger partial charge is 0.462 e. The molecule has 6 nitrogen and oxygen atoms in total. The predicted octanol–water partition coefficient (Wildman–Crippen LogP) is 2.63. The minimum Gasteiger partial charge on any atom is -0.462 e. The number of aryl methyl sites for hydroxylation is 1. The van der Waals surface area contributed by atoms with Crippen molar-refractivity contribution in [3.63, 3.8) is 0 Å². The first-order valence-electron chi connectivity index (χ1n) is 8.72. The lowest BCUT2D eigenvalue weighted by Gasteiger charge is -2.33. The molecule has 0 aromatic carbocycles. The fourth-order valence-corrected chi connectivity index (χ4v) is 3.70. The predicted molar refractivity (Wildman–Crippen MR) is 90.9 cm³/mol. The molecule has 24 heavy (non-hydrogen) atoms. The first-order valence-corrected chi connectivity index (χ1v) is 8.72. The summed E-state index contributed by atoms with van der Waals surface area (Å²) in [6, 6.07) is 1.73. The Kier molecular flexibility index (Phi) is 4.73. The second kappa shape index (κ2) is 6.79. The summed E-state index contributed by atoms with van der Waals surface area (Å²) in [5, 5.41) is 2.82. The number of fused-ring (bicyclic) bond motifs is 1. The molecule has 0 saturated heterocycles. The van der Waals surface area contributed by atoms with Crippen LogP contribution in [-0.2, 0) is 16.0 Å². The molecule has 1 saturated carbocycles. The zero-order valence-electron chi connectivity index (χ0n) is 14.5. The highest BCUT2D eigenvalue weighted by atomic mass is 16.5. The molecule has 6 heteroatoms. The number of hydrogen-bond acceptors (Lipinski definition) is 4. The second-order valence-corrected chi connectivity index (χ2v) is 7.03. The first-order chi connectivity index (χ1) is 11.5. The molecule has 0 radical (unpaired) electrons. The minimum atomic E-state index is -0.332. The average Bonchev–Trinajstić information content (AvgIpc) is 3.00. The zero-order chi connectivity index (χ0) is 17.3. The summed E-state index contributed by atoms with van der Waals surface area (Å²) in [6.45, 7) is 6.11. The Balaban J connectivity index is 1.76. The van der Waals surface area contributed by atoms with E-state index in [0.29, 0.717) is 28.7 Å². The molecule has 2 heterocycles. The summed E-state index contributed by atoms with van der Waals surface area (Å²) in [6.07, 6.45) is 5.91. The maximum absolute atomic E-state index is 12.5. The number of nitrogens with zero attached hydrogens (tertiary/aromatic N) is 2. The number of ether oxygens (including phenoxy) is 1. The molecule has 1 aliphatic rings. The maximum Gasteiger partial charge on any atom is 0.310 e. The van der Waals surface area contributed by atoms with Gasteiger partial charge in [-0.3, -0.25) is 14.7 Å². The molecule has 130 valence electrons. The van der Waals surface area contributed by atoms with Gasteiger partial charge in [-0.05, 0) is 38.0 Å². The van der Waals surface area contributed by atoms with E-state index in [0.717, 1.165) is 19.3 Å². The molecule has 0 unspecified atom stereocenters. The molecule has 1 N–H and O–H groups in total. The Morgan fingerprint density at radius 2 is 2.17 bits per heavy atom. The third-order valence-corrected chi connectivity index (χ3v) is 5.06. The highest BCUT2D eigenvalue weighted by Gasteiger charge is 2.30. The van der Waals surface area contributed by atoms with E-state index in [4.69, 9.17) is 4.74 Å². The Morgan fingerprint density at radius 3 is 2.92 bits per heavy atom. The number of carbonyl (C=O) groups excluding carboxylic acids is 1. The average molecular weight is 331 g/mol. The number of H-pyrrole nitrogens is 1. The van der Waals surface area contributed by atoms with E-state index >= 15 is 0 Å². The number of aromatic amines is 1. The maximum atomic E-state index is 12.5. The second-order valence-electron chi connectivity index (χ2n) is 7.03. The van der Waals surface area contributed by atoms with Crippen molar-refractivity contribution in [1.82, 2.24) is 14.6 Å². The molecular weight excluding hydrogens is 306 g/mol. The van der Waals surface area contributed by atoms with Gasteiger partial charge in [0.05, 0.1) is 12.0 Å². The van der Waals surface area contributed by atoms with E-state index in [9.17, 15) is 9.59 Å². The summed E-state index contributed by atoms with van der Waals surface area (Å²) in [7, 11) is 0. The number of carbonyl (C=O) groups is 1. The van der Waals surface area contributed by atoms with Gasteiger partial charge < -0.3 is 4.74 Å². The number of nitrogens with one attached hydrogen (secondary N) is 1. The smallest absolute Gasteiger partial charge is 0.310 e. The van der Waals surface area contributed by atoms with Gasteiger partial charge in [0.1, 0.15) is 6.10 Å². The highest BCUT2D eigenvalue weighted by molar-refractivity contribution is 5.73. The molecule has 0 spiro atoms. The fraction of sp³-hybridized carbons (Fsp3) is 0.611. The van der Waals surface area contributed by atoms with Gasteiger partial charge in [-0.15, -0.1) is 0 Å². The van der Waals surface area contributed by atoms with Crippen LogP contribution < -0.4 is 5.56 Å². The van der Waals surface area contributed by atoms with E-state index in [-0.39, 0.29) is 24.1 Å². The summed E-state index contributed by atoms with van der Waals surface area (Å²) in [5.74, 6) is 0.572. The first kappa shape index (κ1) is 16.7. The van der Waals surface area contributed by atoms with E-state index < -0.39 is 0 Å². The topological polar surface area (TPSA) is 76.5 Å². The SMILES string of the molecule is Cc1nc2cc[nH]n2c(=O)c1CC(=O)O[C@H]1CCCC[C@H]1C(C)C.